The maximum atomic E-state index is 13.3. The van der Waals surface area contributed by atoms with Gasteiger partial charge in [-0.05, 0) is 32.1 Å². The molecule has 12 unspecified atom stereocenters. The quantitative estimate of drug-likeness (QED) is 0.0204. The minimum Gasteiger partial charge on any atom is -0.394 e. The largest absolute Gasteiger partial charge is 0.394 e. The summed E-state index contributed by atoms with van der Waals surface area (Å²) in [5.41, 5.74) is 0. The first-order valence-electron chi connectivity index (χ1n) is 31.1. The van der Waals surface area contributed by atoms with Crippen molar-refractivity contribution < 1.29 is 64.6 Å². The van der Waals surface area contributed by atoms with Crippen molar-refractivity contribution in [2.75, 3.05) is 19.8 Å². The highest BCUT2D eigenvalue weighted by Gasteiger charge is 2.51. The Bertz CT molecular complexity index is 1350. The Morgan fingerprint density at radius 1 is 0.467 bits per heavy atom. The molecule has 0 bridgehead atoms. The summed E-state index contributed by atoms with van der Waals surface area (Å²) in [4.78, 5) is 13.3. The summed E-state index contributed by atoms with van der Waals surface area (Å²) in [7, 11) is 0. The van der Waals surface area contributed by atoms with Gasteiger partial charge in [0, 0.05) is 6.42 Å². The Morgan fingerprint density at radius 3 is 1.31 bits per heavy atom. The van der Waals surface area contributed by atoms with Gasteiger partial charge in [-0.25, -0.2) is 0 Å². The molecule has 75 heavy (non-hydrogen) atoms. The molecule has 2 aliphatic rings. The maximum Gasteiger partial charge on any atom is 0.220 e. The summed E-state index contributed by atoms with van der Waals surface area (Å²) in [6.07, 6.45) is 39.4. The molecule has 0 aromatic heterocycles. The lowest BCUT2D eigenvalue weighted by Gasteiger charge is -2.46. The fraction of sp³-hybridized carbons (Fsp3) is 0.918. The predicted molar refractivity (Wildman–Crippen MR) is 300 cm³/mol. The molecule has 0 aromatic rings. The average molecular weight is 1070 g/mol. The number of carbonyl (C=O) groups is 1. The van der Waals surface area contributed by atoms with Gasteiger partial charge in [0.15, 0.2) is 12.6 Å². The zero-order chi connectivity index (χ0) is 54.6. The fourth-order valence-corrected chi connectivity index (χ4v) is 10.4. The molecular weight excluding hydrogens is 955 g/mol. The maximum absolute atomic E-state index is 13.3. The van der Waals surface area contributed by atoms with E-state index in [1.54, 1.807) is 6.08 Å². The van der Waals surface area contributed by atoms with Crippen LogP contribution in [0.4, 0.5) is 0 Å². The van der Waals surface area contributed by atoms with E-state index in [2.05, 4.69) is 31.3 Å². The Hall–Kier alpha value is -1.53. The van der Waals surface area contributed by atoms with Crippen LogP contribution < -0.4 is 5.32 Å². The number of aliphatic hydroxyl groups is 8. The Labute approximate surface area is 456 Å². The highest BCUT2D eigenvalue weighted by atomic mass is 16.7. The first kappa shape index (κ1) is 69.6. The normalized spacial score (nSPS) is 25.1. The van der Waals surface area contributed by atoms with E-state index in [4.69, 9.17) is 18.9 Å². The SMILES string of the molecule is CCCCCCCCCCCCCCCCCCC/C=C/CC/C=C/C(O)C(COC1OC(CO)C(OC2OC(CO)C(O)C(O)C2O)C(O)C1O)NC(=O)CCCCCCCCCCCCCCCCCCCC. The molecule has 0 radical (unpaired) electrons. The second kappa shape index (κ2) is 47.3. The first-order chi connectivity index (χ1) is 36.6. The van der Waals surface area contributed by atoms with Crippen LogP contribution in [0.1, 0.15) is 264 Å². The van der Waals surface area contributed by atoms with Gasteiger partial charge in [0.05, 0.1) is 32.0 Å². The van der Waals surface area contributed by atoms with Crippen molar-refractivity contribution in [1.82, 2.24) is 5.32 Å². The van der Waals surface area contributed by atoms with E-state index in [0.29, 0.717) is 12.8 Å². The van der Waals surface area contributed by atoms with Crippen LogP contribution in [-0.2, 0) is 23.7 Å². The summed E-state index contributed by atoms with van der Waals surface area (Å²) in [6, 6.07) is -0.928. The molecule has 2 rings (SSSR count). The van der Waals surface area contributed by atoms with Gasteiger partial charge < -0.3 is 65.1 Å². The molecule has 2 saturated heterocycles. The van der Waals surface area contributed by atoms with E-state index in [0.717, 1.165) is 32.1 Å². The number of nitrogens with one attached hydrogen (secondary N) is 1. The van der Waals surface area contributed by atoms with E-state index in [-0.39, 0.29) is 18.9 Å². The summed E-state index contributed by atoms with van der Waals surface area (Å²) in [6.45, 7) is 2.81. The van der Waals surface area contributed by atoms with E-state index < -0.39 is 86.8 Å². The van der Waals surface area contributed by atoms with Crippen molar-refractivity contribution in [3.8, 4) is 0 Å². The lowest BCUT2D eigenvalue weighted by atomic mass is 9.97. The highest BCUT2D eigenvalue weighted by molar-refractivity contribution is 5.76. The Morgan fingerprint density at radius 2 is 0.853 bits per heavy atom. The standard InChI is InChI=1S/C61H115NO13/c1-3-5-7-9-11-13-15-17-19-21-23-24-25-26-27-28-30-32-34-36-38-40-42-44-50(65)49(62-53(66)45-43-41-39-37-35-33-31-29-22-20-18-16-14-12-10-8-6-4-2)48-72-60-58(71)56(69)59(52(47-64)74-60)75-61-57(70)55(68)54(67)51(46-63)73-61/h34,36,42,44,49-52,54-61,63-65,67-71H,3-33,35,37-41,43,45-48H2,1-2H3,(H,62,66)/b36-34+,44-42+. The third kappa shape index (κ3) is 33.0. The van der Waals surface area contributed by atoms with Crippen molar-refractivity contribution in [2.45, 2.75) is 338 Å². The minimum atomic E-state index is -1.79. The molecule has 0 saturated carbocycles. The summed E-state index contributed by atoms with van der Waals surface area (Å²) in [5, 5.41) is 87.1. The lowest BCUT2D eigenvalue weighted by Crippen LogP contribution is -2.65. The second-order valence-electron chi connectivity index (χ2n) is 22.2. The number of hydrogen-bond donors (Lipinski definition) is 9. The minimum absolute atomic E-state index is 0.244. The lowest BCUT2D eigenvalue weighted by molar-refractivity contribution is -0.359. The van der Waals surface area contributed by atoms with Crippen LogP contribution in [0, 0.1) is 0 Å². The molecular formula is C61H115NO13. The second-order valence-corrected chi connectivity index (χ2v) is 22.2. The zero-order valence-corrected chi connectivity index (χ0v) is 47.6. The van der Waals surface area contributed by atoms with Crippen LogP contribution in [0.25, 0.3) is 0 Å². The van der Waals surface area contributed by atoms with Gasteiger partial charge in [-0.2, -0.15) is 0 Å². The van der Waals surface area contributed by atoms with E-state index in [9.17, 15) is 45.6 Å². The molecule has 14 heteroatoms. The van der Waals surface area contributed by atoms with Crippen LogP contribution in [0.5, 0.6) is 0 Å². The van der Waals surface area contributed by atoms with Gasteiger partial charge in [0.1, 0.15) is 48.8 Å². The van der Waals surface area contributed by atoms with E-state index >= 15 is 0 Å². The van der Waals surface area contributed by atoms with Crippen molar-refractivity contribution in [1.29, 1.82) is 0 Å². The van der Waals surface area contributed by atoms with Crippen molar-refractivity contribution >= 4 is 5.91 Å². The number of aliphatic hydroxyl groups excluding tert-OH is 8. The van der Waals surface area contributed by atoms with Crippen LogP contribution >= 0.6 is 0 Å². The van der Waals surface area contributed by atoms with E-state index in [1.165, 1.54) is 199 Å². The van der Waals surface area contributed by atoms with Gasteiger partial charge in [-0.1, -0.05) is 250 Å². The number of allylic oxidation sites excluding steroid dienone is 3. The predicted octanol–water partition coefficient (Wildman–Crippen LogP) is 10.8. The summed E-state index contributed by atoms with van der Waals surface area (Å²) < 4.78 is 22.8. The molecule has 2 heterocycles. The fourth-order valence-electron chi connectivity index (χ4n) is 10.4. The molecule has 0 spiro atoms. The van der Waals surface area contributed by atoms with Crippen LogP contribution in [0.3, 0.4) is 0 Å². The van der Waals surface area contributed by atoms with E-state index in [1.807, 2.05) is 6.08 Å². The van der Waals surface area contributed by atoms with Gasteiger partial charge in [0.2, 0.25) is 5.91 Å². The number of hydrogen-bond acceptors (Lipinski definition) is 13. The average Bonchev–Trinajstić information content (AvgIpc) is 3.41. The Kier molecular flexibility index (Phi) is 43.9. The number of amides is 1. The summed E-state index contributed by atoms with van der Waals surface area (Å²) >= 11 is 0. The monoisotopic (exact) mass is 1070 g/mol. The highest BCUT2D eigenvalue weighted by Crippen LogP contribution is 2.30. The van der Waals surface area contributed by atoms with Gasteiger partial charge >= 0.3 is 0 Å². The zero-order valence-electron chi connectivity index (χ0n) is 47.6. The topological polar surface area (TPSA) is 228 Å². The van der Waals surface area contributed by atoms with Crippen molar-refractivity contribution in [3.05, 3.63) is 24.3 Å². The molecule has 14 nitrogen and oxygen atoms in total. The first-order valence-corrected chi connectivity index (χ1v) is 31.1. The molecule has 2 fully saturated rings. The van der Waals surface area contributed by atoms with Crippen LogP contribution in [0.15, 0.2) is 24.3 Å². The molecule has 2 aliphatic heterocycles. The van der Waals surface area contributed by atoms with Gasteiger partial charge in [0.25, 0.3) is 0 Å². The summed E-state index contributed by atoms with van der Waals surface area (Å²) in [5.74, 6) is -0.244. The molecule has 0 aromatic carbocycles. The molecule has 442 valence electrons. The van der Waals surface area contributed by atoms with Crippen molar-refractivity contribution in [3.63, 3.8) is 0 Å². The van der Waals surface area contributed by atoms with Gasteiger partial charge in [-0.3, -0.25) is 4.79 Å². The van der Waals surface area contributed by atoms with Crippen molar-refractivity contribution in [2.24, 2.45) is 0 Å². The number of carbonyl (C=O) groups excluding carboxylic acids is 1. The van der Waals surface area contributed by atoms with Gasteiger partial charge in [-0.15, -0.1) is 0 Å². The molecule has 9 N–H and O–H groups in total. The number of rotatable bonds is 50. The smallest absolute Gasteiger partial charge is 0.220 e. The molecule has 1 amide bonds. The number of ether oxygens (including phenoxy) is 4. The number of unbranched alkanes of at least 4 members (excludes halogenated alkanes) is 35. The van der Waals surface area contributed by atoms with Crippen LogP contribution in [-0.4, -0.2) is 140 Å². The third-order valence-electron chi connectivity index (χ3n) is 15.4. The Balaban J connectivity index is 1.76. The molecule has 0 aliphatic carbocycles. The third-order valence-corrected chi connectivity index (χ3v) is 15.4. The van der Waals surface area contributed by atoms with Crippen LogP contribution in [0.2, 0.25) is 0 Å². The molecule has 12 atom stereocenters.